The maximum Gasteiger partial charge on any atom is 0.249 e. The van der Waals surface area contributed by atoms with Crippen LogP contribution in [0.1, 0.15) is 5.56 Å². The number of anilines is 3. The zero-order valence-electron chi connectivity index (χ0n) is 12.7. The van der Waals surface area contributed by atoms with Gasteiger partial charge in [0.2, 0.25) is 5.95 Å². The lowest BCUT2D eigenvalue weighted by Gasteiger charge is -2.08. The Morgan fingerprint density at radius 1 is 0.958 bits per heavy atom. The molecule has 0 spiro atoms. The molecular formula is C17H15Cl2N5. The second kappa shape index (κ2) is 7.95. The number of aromatic nitrogens is 3. The molecule has 122 valence electrons. The van der Waals surface area contributed by atoms with E-state index in [1.807, 2.05) is 36.4 Å². The largest absolute Gasteiger partial charge is 0.368 e. The third-order valence-electron chi connectivity index (χ3n) is 3.25. The van der Waals surface area contributed by atoms with Gasteiger partial charge in [-0.15, -0.1) is 5.10 Å². The Labute approximate surface area is 150 Å². The van der Waals surface area contributed by atoms with Crippen LogP contribution in [-0.2, 0) is 6.42 Å². The lowest BCUT2D eigenvalue weighted by Crippen LogP contribution is -2.08. The number of nitrogens with one attached hydrogen (secondary N) is 2. The van der Waals surface area contributed by atoms with Gasteiger partial charge in [-0.05, 0) is 42.3 Å². The predicted octanol–water partition coefficient (Wildman–Crippen LogP) is 4.58. The normalized spacial score (nSPS) is 10.4. The summed E-state index contributed by atoms with van der Waals surface area (Å²) in [6.45, 7) is 0.718. The first kappa shape index (κ1) is 16.5. The monoisotopic (exact) mass is 359 g/mol. The van der Waals surface area contributed by atoms with E-state index in [1.165, 1.54) is 0 Å². The first-order valence-electron chi connectivity index (χ1n) is 7.40. The van der Waals surface area contributed by atoms with E-state index in [0.717, 1.165) is 29.2 Å². The minimum Gasteiger partial charge on any atom is -0.368 e. The van der Waals surface area contributed by atoms with Gasteiger partial charge in [-0.25, -0.2) is 0 Å². The van der Waals surface area contributed by atoms with Crippen molar-refractivity contribution in [1.29, 1.82) is 0 Å². The van der Waals surface area contributed by atoms with Crippen LogP contribution in [0.4, 0.5) is 17.5 Å². The summed E-state index contributed by atoms with van der Waals surface area (Å²) in [5.74, 6) is 1.06. The van der Waals surface area contributed by atoms with Crippen LogP contribution in [0.5, 0.6) is 0 Å². The molecule has 0 aliphatic rings. The fourth-order valence-electron chi connectivity index (χ4n) is 2.16. The van der Waals surface area contributed by atoms with Crippen LogP contribution in [0.3, 0.4) is 0 Å². The van der Waals surface area contributed by atoms with E-state index in [-0.39, 0.29) is 0 Å². The molecule has 0 atom stereocenters. The Morgan fingerprint density at radius 2 is 1.75 bits per heavy atom. The molecular weight excluding hydrogens is 345 g/mol. The van der Waals surface area contributed by atoms with Crippen LogP contribution in [0, 0.1) is 0 Å². The fourth-order valence-corrected chi connectivity index (χ4v) is 2.57. The Balaban J connectivity index is 1.59. The Bertz CT molecular complexity index is 825. The van der Waals surface area contributed by atoms with Gasteiger partial charge in [0.15, 0.2) is 5.82 Å². The number of nitrogens with zero attached hydrogens (tertiary/aromatic N) is 3. The molecule has 3 rings (SSSR count). The van der Waals surface area contributed by atoms with Gasteiger partial charge in [0.25, 0.3) is 0 Å². The number of benzene rings is 2. The molecule has 1 heterocycles. The third kappa shape index (κ3) is 4.81. The van der Waals surface area contributed by atoms with E-state index in [0.29, 0.717) is 16.8 Å². The molecule has 0 fully saturated rings. The molecule has 24 heavy (non-hydrogen) atoms. The molecule has 5 nitrogen and oxygen atoms in total. The molecule has 0 radical (unpaired) electrons. The Morgan fingerprint density at radius 3 is 2.54 bits per heavy atom. The molecule has 3 aromatic rings. The topological polar surface area (TPSA) is 62.7 Å². The van der Waals surface area contributed by atoms with Gasteiger partial charge in [-0.3, -0.25) is 0 Å². The lowest BCUT2D eigenvalue weighted by molar-refractivity contribution is 0.950. The maximum atomic E-state index is 5.98. The summed E-state index contributed by atoms with van der Waals surface area (Å²) < 4.78 is 0. The van der Waals surface area contributed by atoms with E-state index >= 15 is 0 Å². The van der Waals surface area contributed by atoms with Crippen LogP contribution in [0.2, 0.25) is 10.0 Å². The van der Waals surface area contributed by atoms with Crippen molar-refractivity contribution >= 4 is 40.7 Å². The second-order valence-electron chi connectivity index (χ2n) is 5.11. The standard InChI is InChI=1S/C17H15Cl2N5/c18-13-4-1-3-12(9-13)7-8-20-16-11-21-24-17(23-16)22-15-6-2-5-14(19)10-15/h1-6,9-11H,7-8H2,(H2,20,22,23,24). The molecule has 0 aliphatic carbocycles. The Kier molecular flexibility index (Phi) is 5.46. The van der Waals surface area contributed by atoms with Crippen molar-refractivity contribution in [2.45, 2.75) is 6.42 Å². The highest BCUT2D eigenvalue weighted by Crippen LogP contribution is 2.18. The zero-order chi connectivity index (χ0) is 16.8. The zero-order valence-corrected chi connectivity index (χ0v) is 14.2. The van der Waals surface area contributed by atoms with Crippen molar-refractivity contribution in [3.63, 3.8) is 0 Å². The summed E-state index contributed by atoms with van der Waals surface area (Å²) in [7, 11) is 0. The van der Waals surface area contributed by atoms with E-state index in [2.05, 4.69) is 25.8 Å². The lowest BCUT2D eigenvalue weighted by atomic mass is 10.1. The minimum absolute atomic E-state index is 0.407. The first-order chi connectivity index (χ1) is 11.7. The van der Waals surface area contributed by atoms with Gasteiger partial charge in [0, 0.05) is 22.3 Å². The molecule has 0 saturated carbocycles. The van der Waals surface area contributed by atoms with Crippen molar-refractivity contribution < 1.29 is 0 Å². The second-order valence-corrected chi connectivity index (χ2v) is 5.98. The van der Waals surface area contributed by atoms with Crippen molar-refractivity contribution in [2.75, 3.05) is 17.2 Å². The SMILES string of the molecule is Clc1cccc(CCNc2cnnc(Nc3cccc(Cl)c3)n2)c1. The number of rotatable bonds is 6. The summed E-state index contributed by atoms with van der Waals surface area (Å²) in [6.07, 6.45) is 2.42. The van der Waals surface area contributed by atoms with Gasteiger partial charge < -0.3 is 10.6 Å². The van der Waals surface area contributed by atoms with E-state index < -0.39 is 0 Å². The van der Waals surface area contributed by atoms with Crippen molar-refractivity contribution in [3.8, 4) is 0 Å². The van der Waals surface area contributed by atoms with Crippen molar-refractivity contribution in [1.82, 2.24) is 15.2 Å². The van der Waals surface area contributed by atoms with E-state index in [4.69, 9.17) is 23.2 Å². The highest BCUT2D eigenvalue weighted by Gasteiger charge is 2.02. The molecule has 0 saturated heterocycles. The van der Waals surface area contributed by atoms with Crippen molar-refractivity contribution in [3.05, 3.63) is 70.3 Å². The molecule has 2 N–H and O–H groups in total. The third-order valence-corrected chi connectivity index (χ3v) is 3.72. The van der Waals surface area contributed by atoms with E-state index in [1.54, 1.807) is 18.3 Å². The molecule has 0 bridgehead atoms. The quantitative estimate of drug-likeness (QED) is 0.674. The average molecular weight is 360 g/mol. The van der Waals surface area contributed by atoms with Gasteiger partial charge in [0.05, 0.1) is 6.20 Å². The summed E-state index contributed by atoms with van der Waals surface area (Å²) >= 11 is 11.9. The highest BCUT2D eigenvalue weighted by atomic mass is 35.5. The summed E-state index contributed by atoms with van der Waals surface area (Å²) in [5.41, 5.74) is 1.97. The van der Waals surface area contributed by atoms with Gasteiger partial charge in [-0.2, -0.15) is 10.1 Å². The fraction of sp³-hybridized carbons (Fsp3) is 0.118. The number of halogens is 2. The maximum absolute atomic E-state index is 5.98. The molecule has 0 amide bonds. The number of hydrogen-bond acceptors (Lipinski definition) is 5. The van der Waals surface area contributed by atoms with Crippen LogP contribution in [0.25, 0.3) is 0 Å². The predicted molar refractivity (Wildman–Crippen MR) is 98.2 cm³/mol. The molecule has 2 aromatic carbocycles. The summed E-state index contributed by atoms with van der Waals surface area (Å²) in [6, 6.07) is 15.1. The van der Waals surface area contributed by atoms with Crippen molar-refractivity contribution in [2.24, 2.45) is 0 Å². The molecule has 1 aromatic heterocycles. The van der Waals surface area contributed by atoms with Crippen LogP contribution in [-0.4, -0.2) is 21.7 Å². The van der Waals surface area contributed by atoms with Gasteiger partial charge in [0.1, 0.15) is 0 Å². The van der Waals surface area contributed by atoms with Gasteiger partial charge in [-0.1, -0.05) is 41.4 Å². The summed E-state index contributed by atoms with van der Waals surface area (Å²) in [5, 5.41) is 15.6. The molecule has 0 unspecified atom stereocenters. The molecule has 0 aliphatic heterocycles. The smallest absolute Gasteiger partial charge is 0.249 e. The minimum atomic E-state index is 0.407. The molecule has 7 heteroatoms. The number of hydrogen-bond donors (Lipinski definition) is 2. The van der Waals surface area contributed by atoms with Crippen LogP contribution in [0.15, 0.2) is 54.7 Å². The van der Waals surface area contributed by atoms with Crippen LogP contribution < -0.4 is 10.6 Å². The average Bonchev–Trinajstić information content (AvgIpc) is 2.55. The van der Waals surface area contributed by atoms with Gasteiger partial charge >= 0.3 is 0 Å². The first-order valence-corrected chi connectivity index (χ1v) is 8.15. The highest BCUT2D eigenvalue weighted by molar-refractivity contribution is 6.31. The van der Waals surface area contributed by atoms with E-state index in [9.17, 15) is 0 Å². The Hall–Kier alpha value is -2.37. The van der Waals surface area contributed by atoms with Crippen LogP contribution >= 0.6 is 23.2 Å². The summed E-state index contributed by atoms with van der Waals surface area (Å²) in [4.78, 5) is 4.38.